The van der Waals surface area contributed by atoms with Gasteiger partial charge >= 0.3 is 11.9 Å². The first kappa shape index (κ1) is 22.0. The summed E-state index contributed by atoms with van der Waals surface area (Å²) in [6, 6.07) is 6.88. The highest BCUT2D eigenvalue weighted by molar-refractivity contribution is 5.90. The minimum Gasteiger partial charge on any atom is -0.455 e. The minimum absolute atomic E-state index is 0.0196. The van der Waals surface area contributed by atoms with Gasteiger partial charge in [0.25, 0.3) is 0 Å². The first-order valence-electron chi connectivity index (χ1n) is 12.7. The van der Waals surface area contributed by atoms with E-state index < -0.39 is 5.60 Å². The van der Waals surface area contributed by atoms with Crippen molar-refractivity contribution in [3.63, 3.8) is 0 Å². The van der Waals surface area contributed by atoms with E-state index in [2.05, 4.69) is 27.7 Å². The standard InChI is InChI=1S/C28H38O4/c1-18-9-14-22-26(2,3)23-17-28(18,22)16-15-27(23,4)32-25(30)20-10-12-21(13-11-20)31-24(29)19-7-5-6-8-19/h10-13,18-19,22-23H,5-9,14-17H2,1-4H3. The van der Waals surface area contributed by atoms with Crippen LogP contribution in [0.5, 0.6) is 5.75 Å². The number of esters is 2. The summed E-state index contributed by atoms with van der Waals surface area (Å²) in [7, 11) is 0. The highest BCUT2D eigenvalue weighted by Crippen LogP contribution is 2.73. The van der Waals surface area contributed by atoms with Crippen molar-refractivity contribution in [1.82, 2.24) is 0 Å². The molecule has 32 heavy (non-hydrogen) atoms. The molecule has 174 valence electrons. The third-order valence-electron chi connectivity index (χ3n) is 10.1. The van der Waals surface area contributed by atoms with Crippen LogP contribution in [-0.2, 0) is 9.53 Å². The van der Waals surface area contributed by atoms with E-state index in [4.69, 9.17) is 9.47 Å². The molecule has 4 aliphatic rings. The number of benzene rings is 1. The zero-order valence-electron chi connectivity index (χ0n) is 20.1. The van der Waals surface area contributed by atoms with E-state index in [1.165, 1.54) is 25.7 Å². The molecule has 0 saturated heterocycles. The fourth-order valence-corrected chi connectivity index (χ4v) is 8.27. The van der Waals surface area contributed by atoms with Crippen LogP contribution in [0.25, 0.3) is 0 Å². The van der Waals surface area contributed by atoms with Crippen LogP contribution in [0, 0.1) is 34.5 Å². The lowest BCUT2D eigenvalue weighted by atomic mass is 9.64. The third kappa shape index (κ3) is 3.31. The largest absolute Gasteiger partial charge is 0.455 e. The Morgan fingerprint density at radius 1 is 0.906 bits per heavy atom. The number of ether oxygens (including phenoxy) is 2. The monoisotopic (exact) mass is 438 g/mol. The molecule has 2 bridgehead atoms. The van der Waals surface area contributed by atoms with Gasteiger partial charge in [-0.05, 0) is 98.8 Å². The molecule has 4 nitrogen and oxygen atoms in total. The van der Waals surface area contributed by atoms with E-state index in [-0.39, 0.29) is 23.3 Å². The zero-order valence-corrected chi connectivity index (χ0v) is 20.1. The number of hydrogen-bond donors (Lipinski definition) is 0. The average molecular weight is 439 g/mol. The predicted molar refractivity (Wildman–Crippen MR) is 123 cm³/mol. The van der Waals surface area contributed by atoms with Gasteiger partial charge in [-0.15, -0.1) is 0 Å². The van der Waals surface area contributed by atoms with Crippen molar-refractivity contribution in [2.24, 2.45) is 34.5 Å². The van der Waals surface area contributed by atoms with Gasteiger partial charge in [0, 0.05) is 5.92 Å². The molecule has 4 aliphatic carbocycles. The fourth-order valence-electron chi connectivity index (χ4n) is 8.27. The molecular formula is C28H38O4. The van der Waals surface area contributed by atoms with Crippen molar-refractivity contribution in [2.75, 3.05) is 0 Å². The fraction of sp³-hybridized carbons (Fsp3) is 0.714. The predicted octanol–water partition coefficient (Wildman–Crippen LogP) is 6.57. The second kappa shape index (κ2) is 7.60. The van der Waals surface area contributed by atoms with Gasteiger partial charge in [0.15, 0.2) is 0 Å². The van der Waals surface area contributed by atoms with Crippen molar-refractivity contribution >= 4 is 11.9 Å². The van der Waals surface area contributed by atoms with Gasteiger partial charge in [-0.3, -0.25) is 4.79 Å². The lowest BCUT2D eigenvalue weighted by Crippen LogP contribution is -2.47. The van der Waals surface area contributed by atoms with Gasteiger partial charge in [-0.2, -0.15) is 0 Å². The second-order valence-corrected chi connectivity index (χ2v) is 12.0. The van der Waals surface area contributed by atoms with Gasteiger partial charge in [-0.25, -0.2) is 4.79 Å². The van der Waals surface area contributed by atoms with E-state index in [1.807, 2.05) is 0 Å². The summed E-state index contributed by atoms with van der Waals surface area (Å²) < 4.78 is 11.8. The molecule has 5 unspecified atom stereocenters. The summed E-state index contributed by atoms with van der Waals surface area (Å²) in [5.41, 5.74) is 0.736. The van der Waals surface area contributed by atoms with Gasteiger partial charge < -0.3 is 9.47 Å². The van der Waals surface area contributed by atoms with E-state index >= 15 is 0 Å². The quantitative estimate of drug-likeness (QED) is 0.394. The first-order chi connectivity index (χ1) is 15.2. The van der Waals surface area contributed by atoms with E-state index in [0.717, 1.165) is 43.9 Å². The molecule has 1 spiro atoms. The SMILES string of the molecule is CC1CCC2C(C)(C)C3CC12CCC3(C)OC(=O)c1ccc(OC(=O)C2CCCC2)cc1. The number of carbonyl (C=O) groups excluding carboxylic acids is 2. The van der Waals surface area contributed by atoms with Gasteiger partial charge in [-0.1, -0.05) is 33.6 Å². The van der Waals surface area contributed by atoms with Gasteiger partial charge in [0.05, 0.1) is 11.5 Å². The maximum Gasteiger partial charge on any atom is 0.338 e. The lowest BCUT2D eigenvalue weighted by molar-refractivity contribution is -0.138. The van der Waals surface area contributed by atoms with E-state index in [1.54, 1.807) is 24.3 Å². The van der Waals surface area contributed by atoms with Crippen molar-refractivity contribution in [3.05, 3.63) is 29.8 Å². The average Bonchev–Trinajstić information content (AvgIpc) is 3.44. The second-order valence-electron chi connectivity index (χ2n) is 12.0. The summed E-state index contributed by atoms with van der Waals surface area (Å²) in [5, 5.41) is 0. The van der Waals surface area contributed by atoms with Crippen molar-refractivity contribution in [3.8, 4) is 5.75 Å². The summed E-state index contributed by atoms with van der Waals surface area (Å²) in [6.45, 7) is 9.42. The normalized spacial score (nSPS) is 37.8. The zero-order chi connectivity index (χ0) is 22.7. The lowest BCUT2D eigenvalue weighted by Gasteiger charge is -2.46. The highest BCUT2D eigenvalue weighted by Gasteiger charge is 2.68. The molecule has 0 aliphatic heterocycles. The Bertz CT molecular complexity index is 897. The molecule has 4 saturated carbocycles. The molecule has 4 fully saturated rings. The molecule has 0 heterocycles. The number of hydrogen-bond acceptors (Lipinski definition) is 4. The Hall–Kier alpha value is -1.84. The highest BCUT2D eigenvalue weighted by atomic mass is 16.6. The molecular weight excluding hydrogens is 400 g/mol. The van der Waals surface area contributed by atoms with E-state index in [0.29, 0.717) is 22.6 Å². The van der Waals surface area contributed by atoms with Gasteiger partial charge in [0.1, 0.15) is 11.4 Å². The molecule has 0 N–H and O–H groups in total. The molecule has 5 rings (SSSR count). The topological polar surface area (TPSA) is 52.6 Å². The number of fused-ring (bicyclic) bond motifs is 1. The Morgan fingerprint density at radius 3 is 2.28 bits per heavy atom. The van der Waals surface area contributed by atoms with Crippen LogP contribution in [0.1, 0.15) is 95.8 Å². The Kier molecular flexibility index (Phi) is 5.22. The number of rotatable bonds is 4. The molecule has 5 atom stereocenters. The van der Waals surface area contributed by atoms with Crippen molar-refractivity contribution in [2.45, 2.75) is 91.1 Å². The summed E-state index contributed by atoms with van der Waals surface area (Å²) in [4.78, 5) is 25.4. The summed E-state index contributed by atoms with van der Waals surface area (Å²) >= 11 is 0. The van der Waals surface area contributed by atoms with Crippen LogP contribution < -0.4 is 4.74 Å². The maximum absolute atomic E-state index is 13.1. The van der Waals surface area contributed by atoms with Crippen LogP contribution in [0.15, 0.2) is 24.3 Å². The Morgan fingerprint density at radius 2 is 1.59 bits per heavy atom. The minimum atomic E-state index is -0.427. The van der Waals surface area contributed by atoms with Crippen LogP contribution in [0.4, 0.5) is 0 Å². The van der Waals surface area contributed by atoms with Gasteiger partial charge in [0.2, 0.25) is 0 Å². The van der Waals surface area contributed by atoms with Crippen LogP contribution in [0.2, 0.25) is 0 Å². The number of carbonyl (C=O) groups is 2. The smallest absolute Gasteiger partial charge is 0.338 e. The first-order valence-corrected chi connectivity index (χ1v) is 12.7. The molecule has 1 aromatic carbocycles. The molecule has 4 heteroatoms. The molecule has 0 radical (unpaired) electrons. The third-order valence-corrected chi connectivity index (χ3v) is 10.1. The van der Waals surface area contributed by atoms with Crippen LogP contribution in [-0.4, -0.2) is 17.5 Å². The van der Waals surface area contributed by atoms with Crippen molar-refractivity contribution < 1.29 is 19.1 Å². The Balaban J connectivity index is 1.27. The van der Waals surface area contributed by atoms with Crippen LogP contribution in [0.3, 0.4) is 0 Å². The molecule has 0 amide bonds. The van der Waals surface area contributed by atoms with E-state index in [9.17, 15) is 9.59 Å². The molecule has 1 aromatic rings. The Labute approximate surface area is 192 Å². The summed E-state index contributed by atoms with van der Waals surface area (Å²) in [5.74, 6) is 2.02. The maximum atomic E-state index is 13.1. The van der Waals surface area contributed by atoms with Crippen LogP contribution >= 0.6 is 0 Å². The van der Waals surface area contributed by atoms with Crippen molar-refractivity contribution in [1.29, 1.82) is 0 Å². The summed E-state index contributed by atoms with van der Waals surface area (Å²) in [6.07, 6.45) is 9.99. The molecule has 0 aromatic heterocycles.